The summed E-state index contributed by atoms with van der Waals surface area (Å²) in [5.74, 6) is -1.16. The van der Waals surface area contributed by atoms with E-state index in [9.17, 15) is 9.59 Å². The van der Waals surface area contributed by atoms with Crippen LogP contribution in [-0.4, -0.2) is 55.3 Å². The second-order valence-electron chi connectivity index (χ2n) is 9.50. The summed E-state index contributed by atoms with van der Waals surface area (Å²) in [5.41, 5.74) is 0. The maximum absolute atomic E-state index is 12.0. The van der Waals surface area contributed by atoms with Crippen molar-refractivity contribution in [2.75, 3.05) is 27.7 Å². The highest BCUT2D eigenvalue weighted by Gasteiger charge is 2.21. The molecule has 0 amide bonds. The van der Waals surface area contributed by atoms with E-state index in [1.54, 1.807) is 0 Å². The van der Waals surface area contributed by atoms with Crippen molar-refractivity contribution in [1.82, 2.24) is 0 Å². The molecule has 1 atom stereocenters. The number of aliphatic carboxylic acids is 1. The van der Waals surface area contributed by atoms with Crippen LogP contribution in [-0.2, 0) is 14.3 Å². The van der Waals surface area contributed by atoms with Gasteiger partial charge < -0.3 is 14.3 Å². The smallest absolute Gasteiger partial charge is 0.307 e. The summed E-state index contributed by atoms with van der Waals surface area (Å²) in [6.45, 7) is 3.04. The zero-order chi connectivity index (χ0) is 22.0. The fourth-order valence-electron chi connectivity index (χ4n) is 3.46. The molecular weight excluding hydrogens is 366 g/mol. The largest absolute Gasteiger partial charge is 0.481 e. The molecule has 0 aromatic heterocycles. The number of carbonyl (C=O) groups is 2. The number of quaternary nitrogens is 1. The van der Waals surface area contributed by atoms with Gasteiger partial charge in [0.25, 0.3) is 0 Å². The predicted molar refractivity (Wildman–Crippen MR) is 120 cm³/mol. The summed E-state index contributed by atoms with van der Waals surface area (Å²) < 4.78 is 6.16. The number of ether oxygens (including phenoxy) is 1. The van der Waals surface area contributed by atoms with Crippen molar-refractivity contribution in [2.45, 2.75) is 116 Å². The molecule has 0 aromatic rings. The van der Waals surface area contributed by atoms with Crippen molar-refractivity contribution in [3.8, 4) is 0 Å². The lowest BCUT2D eigenvalue weighted by Crippen LogP contribution is -2.38. The van der Waals surface area contributed by atoms with Crippen molar-refractivity contribution in [3.05, 3.63) is 0 Å². The van der Waals surface area contributed by atoms with Gasteiger partial charge in [-0.25, -0.2) is 0 Å². The molecule has 29 heavy (non-hydrogen) atoms. The third-order valence-corrected chi connectivity index (χ3v) is 5.31. The average Bonchev–Trinajstić information content (AvgIpc) is 2.62. The van der Waals surface area contributed by atoms with Crippen LogP contribution in [0, 0.1) is 0 Å². The number of rotatable bonds is 20. The van der Waals surface area contributed by atoms with Gasteiger partial charge in [0.1, 0.15) is 6.10 Å². The molecule has 0 bridgehead atoms. The van der Waals surface area contributed by atoms with Crippen LogP contribution in [0.15, 0.2) is 0 Å². The fourth-order valence-corrected chi connectivity index (χ4v) is 3.46. The molecule has 0 aliphatic carbocycles. The van der Waals surface area contributed by atoms with Gasteiger partial charge in [-0.15, -0.1) is 0 Å². The highest BCUT2D eigenvalue weighted by Crippen LogP contribution is 2.14. The number of hydrogen-bond donors (Lipinski definition) is 1. The average molecular weight is 415 g/mol. The molecule has 0 saturated heterocycles. The van der Waals surface area contributed by atoms with Crippen LogP contribution in [0.25, 0.3) is 0 Å². The first-order chi connectivity index (χ1) is 13.7. The van der Waals surface area contributed by atoms with Crippen molar-refractivity contribution in [3.63, 3.8) is 0 Å². The van der Waals surface area contributed by atoms with E-state index < -0.39 is 12.1 Å². The third-order valence-electron chi connectivity index (χ3n) is 5.31. The molecule has 0 unspecified atom stereocenters. The summed E-state index contributed by atoms with van der Waals surface area (Å²) >= 11 is 0. The molecule has 1 N–H and O–H groups in total. The molecule has 0 aromatic carbocycles. The molecule has 0 rings (SSSR count). The molecule has 0 saturated carbocycles. The monoisotopic (exact) mass is 414 g/mol. The van der Waals surface area contributed by atoms with Gasteiger partial charge in [-0.1, -0.05) is 84.0 Å². The first-order valence-electron chi connectivity index (χ1n) is 12.0. The Kier molecular flexibility index (Phi) is 17.1. The standard InChI is InChI=1S/C24H47NO4/c1-5-6-7-8-9-10-11-12-13-14-15-16-17-18-24(28)29-22(21-23(26)27)19-20-25(2,3)4/h22H,5-21H2,1-4H3/p+1/t22-/m0/s1. The van der Waals surface area contributed by atoms with Gasteiger partial charge in [0.05, 0.1) is 34.1 Å². The van der Waals surface area contributed by atoms with E-state index in [-0.39, 0.29) is 12.4 Å². The molecule has 0 aliphatic rings. The lowest BCUT2D eigenvalue weighted by Gasteiger charge is -2.26. The van der Waals surface area contributed by atoms with Crippen LogP contribution < -0.4 is 0 Å². The molecular formula is C24H48NO4+. The Morgan fingerprint density at radius 3 is 1.66 bits per heavy atom. The lowest BCUT2D eigenvalue weighted by atomic mass is 10.0. The molecule has 172 valence electrons. The maximum Gasteiger partial charge on any atom is 0.307 e. The summed E-state index contributed by atoms with van der Waals surface area (Å²) in [4.78, 5) is 23.0. The molecule has 5 heteroatoms. The minimum absolute atomic E-state index is 0.107. The Balaban J connectivity index is 3.66. The number of carbonyl (C=O) groups excluding carboxylic acids is 1. The van der Waals surface area contributed by atoms with Crippen LogP contribution in [0.5, 0.6) is 0 Å². The summed E-state index contributed by atoms with van der Waals surface area (Å²) in [6.07, 6.45) is 16.9. The molecule has 0 aliphatic heterocycles. The van der Waals surface area contributed by atoms with Gasteiger partial charge in [0.2, 0.25) is 0 Å². The van der Waals surface area contributed by atoms with E-state index in [1.807, 2.05) is 21.1 Å². The number of esters is 1. The minimum Gasteiger partial charge on any atom is -0.481 e. The second kappa shape index (κ2) is 17.7. The number of hydrogen-bond acceptors (Lipinski definition) is 3. The number of unbranched alkanes of at least 4 members (excludes halogenated alkanes) is 12. The van der Waals surface area contributed by atoms with Gasteiger partial charge in [-0.05, 0) is 6.42 Å². The highest BCUT2D eigenvalue weighted by molar-refractivity contribution is 5.71. The predicted octanol–water partition coefficient (Wildman–Crippen LogP) is 5.95. The number of carboxylic acid groups (broad SMARTS) is 1. The van der Waals surface area contributed by atoms with E-state index in [4.69, 9.17) is 9.84 Å². The molecule has 0 radical (unpaired) electrons. The number of nitrogens with zero attached hydrogens (tertiary/aromatic N) is 1. The summed E-state index contributed by atoms with van der Waals surface area (Å²) in [7, 11) is 6.15. The summed E-state index contributed by atoms with van der Waals surface area (Å²) in [6, 6.07) is 0. The molecule has 0 fully saturated rings. The third kappa shape index (κ3) is 21.4. The first-order valence-corrected chi connectivity index (χ1v) is 12.0. The molecule has 0 heterocycles. The summed E-state index contributed by atoms with van der Waals surface area (Å²) in [5, 5.41) is 9.03. The van der Waals surface area contributed by atoms with Crippen molar-refractivity contribution < 1.29 is 23.9 Å². The second-order valence-corrected chi connectivity index (χ2v) is 9.50. The van der Waals surface area contributed by atoms with Crippen LogP contribution in [0.2, 0.25) is 0 Å². The lowest BCUT2D eigenvalue weighted by molar-refractivity contribution is -0.870. The van der Waals surface area contributed by atoms with E-state index in [0.717, 1.165) is 23.9 Å². The molecule has 5 nitrogen and oxygen atoms in total. The first kappa shape index (κ1) is 27.9. The van der Waals surface area contributed by atoms with Crippen molar-refractivity contribution in [1.29, 1.82) is 0 Å². The highest BCUT2D eigenvalue weighted by atomic mass is 16.5. The Bertz CT molecular complexity index is 418. The maximum atomic E-state index is 12.0. The SMILES string of the molecule is CCCCCCCCCCCCCCCC(=O)O[C@@H](CC[N+](C)(C)C)CC(=O)O. The van der Waals surface area contributed by atoms with Crippen molar-refractivity contribution in [2.24, 2.45) is 0 Å². The minimum atomic E-state index is -0.912. The Hall–Kier alpha value is -1.10. The van der Waals surface area contributed by atoms with E-state index in [0.29, 0.717) is 12.8 Å². The zero-order valence-electron chi connectivity index (χ0n) is 19.7. The zero-order valence-corrected chi connectivity index (χ0v) is 19.7. The Morgan fingerprint density at radius 2 is 1.24 bits per heavy atom. The van der Waals surface area contributed by atoms with Gasteiger partial charge in [-0.2, -0.15) is 0 Å². The normalized spacial score (nSPS) is 12.7. The fraction of sp³-hybridized carbons (Fsp3) is 0.917. The van der Waals surface area contributed by atoms with Gasteiger partial charge >= 0.3 is 11.9 Å². The Morgan fingerprint density at radius 1 is 0.793 bits per heavy atom. The van der Waals surface area contributed by atoms with Crippen LogP contribution in [0.3, 0.4) is 0 Å². The van der Waals surface area contributed by atoms with Crippen LogP contribution >= 0.6 is 0 Å². The van der Waals surface area contributed by atoms with Gasteiger partial charge in [0.15, 0.2) is 0 Å². The van der Waals surface area contributed by atoms with Crippen LogP contribution in [0.4, 0.5) is 0 Å². The van der Waals surface area contributed by atoms with E-state index in [1.165, 1.54) is 70.6 Å². The quantitative estimate of drug-likeness (QED) is 0.152. The van der Waals surface area contributed by atoms with Gasteiger partial charge in [0, 0.05) is 12.8 Å². The van der Waals surface area contributed by atoms with E-state index >= 15 is 0 Å². The van der Waals surface area contributed by atoms with E-state index in [2.05, 4.69) is 6.92 Å². The molecule has 0 spiro atoms. The number of carboxylic acids is 1. The van der Waals surface area contributed by atoms with Gasteiger partial charge in [-0.3, -0.25) is 9.59 Å². The van der Waals surface area contributed by atoms with Crippen LogP contribution in [0.1, 0.15) is 110 Å². The topological polar surface area (TPSA) is 63.6 Å². The Labute approximate surface area is 179 Å². The van der Waals surface area contributed by atoms with Crippen molar-refractivity contribution >= 4 is 11.9 Å².